The molecular weight excluding hydrogens is 294 g/mol. The fourth-order valence-electron chi connectivity index (χ4n) is 7.38. The summed E-state index contributed by atoms with van der Waals surface area (Å²) < 4.78 is 0. The molecule has 0 radical (unpaired) electrons. The minimum absolute atomic E-state index is 0.223. The Bertz CT molecular complexity index is 693. The van der Waals surface area contributed by atoms with Gasteiger partial charge in [-0.3, -0.25) is 0 Å². The maximum Gasteiger partial charge on any atom is 0.116 e. The largest absolute Gasteiger partial charge is 0.508 e. The number of phenols is 1. The van der Waals surface area contributed by atoms with Gasteiger partial charge in [0.25, 0.3) is 0 Å². The third kappa shape index (κ3) is 1.87. The van der Waals surface area contributed by atoms with Crippen LogP contribution in [0, 0.1) is 29.6 Å². The molecule has 2 heteroatoms. The van der Waals surface area contributed by atoms with Gasteiger partial charge in [-0.25, -0.2) is 0 Å². The van der Waals surface area contributed by atoms with Crippen molar-refractivity contribution in [1.29, 1.82) is 0 Å². The SMILES string of the molecule is Cc1cc(O)cc2c1[C@]1(C)CC[C@H]3C(C)(C)[C@@H](N)CC[C@]3(C)[C@H]1C2. The minimum Gasteiger partial charge on any atom is -0.508 e. The van der Waals surface area contributed by atoms with E-state index in [0.29, 0.717) is 29.0 Å². The number of nitrogens with two attached hydrogens (primary N) is 1. The van der Waals surface area contributed by atoms with Crippen molar-refractivity contribution in [1.82, 2.24) is 0 Å². The van der Waals surface area contributed by atoms with Gasteiger partial charge < -0.3 is 10.8 Å². The molecule has 0 aliphatic heterocycles. The van der Waals surface area contributed by atoms with E-state index in [0.717, 1.165) is 12.8 Å². The molecule has 24 heavy (non-hydrogen) atoms. The van der Waals surface area contributed by atoms with Crippen molar-refractivity contribution in [2.75, 3.05) is 0 Å². The Balaban J connectivity index is 1.83. The van der Waals surface area contributed by atoms with Crippen molar-refractivity contribution >= 4 is 0 Å². The Morgan fingerprint density at radius 1 is 1.04 bits per heavy atom. The Morgan fingerprint density at radius 2 is 1.75 bits per heavy atom. The summed E-state index contributed by atoms with van der Waals surface area (Å²) >= 11 is 0. The Kier molecular flexibility index (Phi) is 3.28. The predicted molar refractivity (Wildman–Crippen MR) is 99.2 cm³/mol. The molecule has 1 aromatic rings. The fraction of sp³-hybridized carbons (Fsp3) is 0.727. The van der Waals surface area contributed by atoms with Crippen LogP contribution in [0.5, 0.6) is 5.75 Å². The molecule has 0 bridgehead atoms. The molecule has 0 heterocycles. The standard InChI is InChI=1S/C22H33NO/c1-13-10-15(24)11-14-12-17-21(4)9-7-18(23)20(2,3)16(21)6-8-22(17,5)19(13)14/h10-11,16-18,24H,6-9,12,23H2,1-5H3/t16-,17+,18-,21-,22+/m0/s1. The molecule has 0 unspecified atom stereocenters. The molecule has 132 valence electrons. The van der Waals surface area contributed by atoms with Crippen LogP contribution in [0.25, 0.3) is 0 Å². The van der Waals surface area contributed by atoms with Crippen molar-refractivity contribution in [3.05, 3.63) is 28.8 Å². The van der Waals surface area contributed by atoms with E-state index in [1.807, 2.05) is 12.1 Å². The van der Waals surface area contributed by atoms with Crippen LogP contribution in [-0.2, 0) is 11.8 Å². The van der Waals surface area contributed by atoms with Crippen LogP contribution in [0.2, 0.25) is 0 Å². The average molecular weight is 328 g/mol. The number of aromatic hydroxyl groups is 1. The van der Waals surface area contributed by atoms with Crippen molar-refractivity contribution < 1.29 is 5.11 Å². The first-order valence-corrected chi connectivity index (χ1v) is 9.69. The van der Waals surface area contributed by atoms with E-state index in [1.165, 1.54) is 36.0 Å². The summed E-state index contributed by atoms with van der Waals surface area (Å²) in [7, 11) is 0. The van der Waals surface area contributed by atoms with Crippen LogP contribution in [0.1, 0.15) is 70.1 Å². The van der Waals surface area contributed by atoms with Gasteiger partial charge in [-0.1, -0.05) is 27.7 Å². The summed E-state index contributed by atoms with van der Waals surface area (Å²) in [5.41, 5.74) is 11.6. The van der Waals surface area contributed by atoms with E-state index in [9.17, 15) is 5.11 Å². The molecule has 0 amide bonds. The van der Waals surface area contributed by atoms with Gasteiger partial charge in [-0.05, 0) is 95.9 Å². The number of benzene rings is 1. The fourth-order valence-corrected chi connectivity index (χ4v) is 7.38. The van der Waals surface area contributed by atoms with E-state index in [4.69, 9.17) is 5.73 Å². The maximum absolute atomic E-state index is 10.1. The summed E-state index contributed by atoms with van der Waals surface area (Å²) in [4.78, 5) is 0. The second-order valence-electron chi connectivity index (χ2n) is 10.0. The molecule has 1 aromatic carbocycles. The minimum atomic E-state index is 0.223. The molecule has 4 rings (SSSR count). The number of hydrogen-bond donors (Lipinski definition) is 2. The van der Waals surface area contributed by atoms with E-state index in [2.05, 4.69) is 34.6 Å². The summed E-state index contributed by atoms with van der Waals surface area (Å²) in [6, 6.07) is 4.32. The lowest BCUT2D eigenvalue weighted by molar-refractivity contribution is -0.107. The summed E-state index contributed by atoms with van der Waals surface area (Å²) in [5, 5.41) is 10.1. The zero-order valence-electron chi connectivity index (χ0n) is 15.9. The first-order valence-electron chi connectivity index (χ1n) is 9.69. The topological polar surface area (TPSA) is 46.2 Å². The number of aryl methyl sites for hydroxylation is 1. The third-order valence-electron chi connectivity index (χ3n) is 8.56. The van der Waals surface area contributed by atoms with E-state index in [1.54, 1.807) is 0 Å². The van der Waals surface area contributed by atoms with E-state index < -0.39 is 0 Å². The van der Waals surface area contributed by atoms with Gasteiger partial charge >= 0.3 is 0 Å². The quantitative estimate of drug-likeness (QED) is 0.726. The van der Waals surface area contributed by atoms with Crippen molar-refractivity contribution in [2.24, 2.45) is 28.4 Å². The molecule has 2 fully saturated rings. The van der Waals surface area contributed by atoms with Crippen molar-refractivity contribution in [3.63, 3.8) is 0 Å². The third-order valence-corrected chi connectivity index (χ3v) is 8.56. The van der Waals surface area contributed by atoms with Crippen LogP contribution < -0.4 is 5.73 Å². The van der Waals surface area contributed by atoms with Crippen LogP contribution in [0.15, 0.2) is 12.1 Å². The average Bonchev–Trinajstić information content (AvgIpc) is 2.77. The van der Waals surface area contributed by atoms with Gasteiger partial charge in [0.2, 0.25) is 0 Å². The second-order valence-corrected chi connectivity index (χ2v) is 10.0. The summed E-state index contributed by atoms with van der Waals surface area (Å²) in [6.07, 6.45) is 6.06. The molecule has 2 saturated carbocycles. The molecule has 0 saturated heterocycles. The van der Waals surface area contributed by atoms with Gasteiger partial charge in [0, 0.05) is 6.04 Å². The highest BCUT2D eigenvalue weighted by molar-refractivity contribution is 5.50. The van der Waals surface area contributed by atoms with Crippen LogP contribution in [0.3, 0.4) is 0 Å². The molecule has 0 aromatic heterocycles. The number of fused-ring (bicyclic) bond motifs is 5. The van der Waals surface area contributed by atoms with E-state index >= 15 is 0 Å². The van der Waals surface area contributed by atoms with Crippen LogP contribution in [-0.4, -0.2) is 11.1 Å². The molecule has 0 spiro atoms. The Labute approximate surface area is 146 Å². The highest BCUT2D eigenvalue weighted by Crippen LogP contribution is 2.67. The van der Waals surface area contributed by atoms with Crippen molar-refractivity contribution in [3.8, 4) is 5.75 Å². The first-order chi connectivity index (χ1) is 11.1. The summed E-state index contributed by atoms with van der Waals surface area (Å²) in [5.74, 6) is 1.81. The molecule has 3 aliphatic carbocycles. The normalized spacial score (nSPS) is 43.0. The Morgan fingerprint density at radius 3 is 2.46 bits per heavy atom. The molecular formula is C22H33NO. The van der Waals surface area contributed by atoms with Gasteiger partial charge in [0.15, 0.2) is 0 Å². The lowest BCUT2D eigenvalue weighted by Crippen LogP contribution is -2.60. The first kappa shape index (κ1) is 16.4. The second kappa shape index (κ2) is 4.78. The number of hydrogen-bond acceptors (Lipinski definition) is 2. The van der Waals surface area contributed by atoms with Crippen LogP contribution >= 0.6 is 0 Å². The van der Waals surface area contributed by atoms with E-state index in [-0.39, 0.29) is 10.8 Å². The molecule has 5 atom stereocenters. The molecule has 3 aliphatic rings. The zero-order valence-corrected chi connectivity index (χ0v) is 15.9. The van der Waals surface area contributed by atoms with Gasteiger partial charge in [0.05, 0.1) is 0 Å². The maximum atomic E-state index is 10.1. The van der Waals surface area contributed by atoms with Gasteiger partial charge in [-0.15, -0.1) is 0 Å². The monoisotopic (exact) mass is 327 g/mol. The lowest BCUT2D eigenvalue weighted by Gasteiger charge is -2.62. The van der Waals surface area contributed by atoms with Crippen molar-refractivity contribution in [2.45, 2.75) is 78.2 Å². The highest BCUT2D eigenvalue weighted by atomic mass is 16.3. The highest BCUT2D eigenvalue weighted by Gasteiger charge is 2.62. The molecule has 2 nitrogen and oxygen atoms in total. The summed E-state index contributed by atoms with van der Waals surface area (Å²) in [6.45, 7) is 12.0. The van der Waals surface area contributed by atoms with Gasteiger partial charge in [0.1, 0.15) is 5.75 Å². The van der Waals surface area contributed by atoms with Gasteiger partial charge in [-0.2, -0.15) is 0 Å². The predicted octanol–water partition coefficient (Wildman–Crippen LogP) is 4.69. The lowest BCUT2D eigenvalue weighted by atomic mass is 9.42. The number of phenolic OH excluding ortho intramolecular Hbond substituents is 1. The smallest absolute Gasteiger partial charge is 0.116 e. The zero-order chi connectivity index (χ0) is 17.5. The number of rotatable bonds is 0. The Hall–Kier alpha value is -1.02. The molecule has 3 N–H and O–H groups in total. The van der Waals surface area contributed by atoms with Crippen LogP contribution in [0.4, 0.5) is 0 Å².